The quantitative estimate of drug-likeness (QED) is 0.637. The van der Waals surface area contributed by atoms with Crippen LogP contribution < -0.4 is 11.1 Å². The molecule has 0 radical (unpaired) electrons. The number of hydrogen-bond donors (Lipinski definition) is 2. The molecule has 0 saturated heterocycles. The van der Waals surface area contributed by atoms with Gasteiger partial charge in [0.05, 0.1) is 23.7 Å². The summed E-state index contributed by atoms with van der Waals surface area (Å²) >= 11 is 0. The van der Waals surface area contributed by atoms with Gasteiger partial charge in [0.2, 0.25) is 0 Å². The van der Waals surface area contributed by atoms with E-state index in [2.05, 4.69) is 20.3 Å². The van der Waals surface area contributed by atoms with Crippen LogP contribution in [0.3, 0.4) is 0 Å². The summed E-state index contributed by atoms with van der Waals surface area (Å²) in [6.45, 7) is 0.222. The number of rotatable bonds is 4. The van der Waals surface area contributed by atoms with Crippen LogP contribution >= 0.6 is 0 Å². The SMILES string of the molecule is N#CCNc1ccccc1N=Cc1nccnc1N. The molecular formula is C13H12N6. The third-order valence-electron chi connectivity index (χ3n) is 2.34. The van der Waals surface area contributed by atoms with E-state index < -0.39 is 0 Å². The lowest BCUT2D eigenvalue weighted by molar-refractivity contribution is 1.19. The van der Waals surface area contributed by atoms with E-state index >= 15 is 0 Å². The van der Waals surface area contributed by atoms with Gasteiger partial charge in [0, 0.05) is 12.4 Å². The number of para-hydroxylation sites is 2. The zero-order valence-corrected chi connectivity index (χ0v) is 10.1. The lowest BCUT2D eigenvalue weighted by Crippen LogP contribution is -2.00. The molecule has 6 nitrogen and oxygen atoms in total. The molecule has 0 unspecified atom stereocenters. The second-order valence-electron chi connectivity index (χ2n) is 3.61. The Labute approximate surface area is 110 Å². The molecule has 3 N–H and O–H groups in total. The summed E-state index contributed by atoms with van der Waals surface area (Å²) in [5.74, 6) is 0.328. The summed E-state index contributed by atoms with van der Waals surface area (Å²) in [6.07, 6.45) is 4.63. The molecule has 1 aromatic carbocycles. The molecule has 6 heteroatoms. The molecule has 0 fully saturated rings. The molecule has 19 heavy (non-hydrogen) atoms. The molecule has 0 saturated carbocycles. The molecular weight excluding hydrogens is 240 g/mol. The number of nitriles is 1. The van der Waals surface area contributed by atoms with Gasteiger partial charge >= 0.3 is 0 Å². The number of aromatic nitrogens is 2. The molecule has 0 aliphatic rings. The Morgan fingerprint density at radius 1 is 1.32 bits per heavy atom. The molecule has 0 amide bonds. The highest BCUT2D eigenvalue weighted by molar-refractivity contribution is 5.86. The lowest BCUT2D eigenvalue weighted by atomic mass is 10.2. The molecule has 1 aromatic heterocycles. The maximum Gasteiger partial charge on any atom is 0.150 e. The second-order valence-corrected chi connectivity index (χ2v) is 3.61. The Hall–Kier alpha value is -2.94. The Morgan fingerprint density at radius 2 is 2.11 bits per heavy atom. The van der Waals surface area contributed by atoms with Gasteiger partial charge in [-0.05, 0) is 12.1 Å². The van der Waals surface area contributed by atoms with Gasteiger partial charge in [-0.25, -0.2) is 9.97 Å². The Balaban J connectivity index is 2.24. The second kappa shape index (κ2) is 6.12. The Kier molecular flexibility index (Phi) is 4.03. The van der Waals surface area contributed by atoms with E-state index in [1.54, 1.807) is 12.4 Å². The van der Waals surface area contributed by atoms with Gasteiger partial charge in [-0.3, -0.25) is 4.99 Å². The molecule has 0 atom stereocenters. The fourth-order valence-electron chi connectivity index (χ4n) is 1.46. The van der Waals surface area contributed by atoms with E-state index in [0.717, 1.165) is 5.69 Å². The first-order valence-electron chi connectivity index (χ1n) is 5.61. The van der Waals surface area contributed by atoms with Crippen molar-refractivity contribution in [1.82, 2.24) is 9.97 Å². The minimum atomic E-state index is 0.222. The number of aliphatic imine (C=N–C) groups is 1. The van der Waals surface area contributed by atoms with Crippen molar-refractivity contribution in [3.8, 4) is 6.07 Å². The molecule has 0 aliphatic carbocycles. The van der Waals surface area contributed by atoms with E-state index in [4.69, 9.17) is 11.0 Å². The van der Waals surface area contributed by atoms with Crippen LogP contribution in [0.4, 0.5) is 17.2 Å². The molecule has 0 aliphatic heterocycles. The van der Waals surface area contributed by atoms with Crippen LogP contribution in [0.1, 0.15) is 5.69 Å². The van der Waals surface area contributed by atoms with Gasteiger partial charge in [-0.2, -0.15) is 5.26 Å². The Morgan fingerprint density at radius 3 is 2.89 bits per heavy atom. The predicted molar refractivity (Wildman–Crippen MR) is 74.2 cm³/mol. The van der Waals surface area contributed by atoms with Crippen molar-refractivity contribution in [2.45, 2.75) is 0 Å². The minimum absolute atomic E-state index is 0.222. The topological polar surface area (TPSA) is 100.0 Å². The monoisotopic (exact) mass is 252 g/mol. The summed E-state index contributed by atoms with van der Waals surface area (Å²) in [4.78, 5) is 12.3. The van der Waals surface area contributed by atoms with E-state index in [-0.39, 0.29) is 6.54 Å². The standard InChI is InChI=1S/C13H12N6/c14-5-6-16-10-3-1-2-4-11(10)19-9-12-13(15)18-8-7-17-12/h1-4,7-9,16H,6H2,(H2,15,18). The van der Waals surface area contributed by atoms with Crippen molar-refractivity contribution in [1.29, 1.82) is 5.26 Å². The zero-order chi connectivity index (χ0) is 13.5. The van der Waals surface area contributed by atoms with Gasteiger partial charge in [-0.15, -0.1) is 0 Å². The van der Waals surface area contributed by atoms with Gasteiger partial charge in [0.25, 0.3) is 0 Å². The summed E-state index contributed by atoms with van der Waals surface area (Å²) in [5, 5.41) is 11.5. The third kappa shape index (κ3) is 3.26. The first kappa shape index (κ1) is 12.5. The number of nitrogens with zero attached hydrogens (tertiary/aromatic N) is 4. The van der Waals surface area contributed by atoms with Gasteiger partial charge in [0.15, 0.2) is 5.82 Å². The van der Waals surface area contributed by atoms with Crippen LogP contribution in [0, 0.1) is 11.3 Å². The highest BCUT2D eigenvalue weighted by atomic mass is 14.9. The smallest absolute Gasteiger partial charge is 0.150 e. The molecule has 0 spiro atoms. The normalized spacial score (nSPS) is 10.3. The largest absolute Gasteiger partial charge is 0.382 e. The summed E-state index contributed by atoms with van der Waals surface area (Å²) < 4.78 is 0. The Bertz CT molecular complexity index is 629. The van der Waals surface area contributed by atoms with Crippen LogP contribution in [0.15, 0.2) is 41.7 Å². The minimum Gasteiger partial charge on any atom is -0.382 e. The summed E-state index contributed by atoms with van der Waals surface area (Å²) in [6, 6.07) is 9.44. The summed E-state index contributed by atoms with van der Waals surface area (Å²) in [7, 11) is 0. The fraction of sp³-hybridized carbons (Fsp3) is 0.0769. The lowest BCUT2D eigenvalue weighted by Gasteiger charge is -2.05. The predicted octanol–water partition coefficient (Wildman–Crippen LogP) is 1.74. The van der Waals surface area contributed by atoms with Crippen molar-refractivity contribution >= 4 is 23.4 Å². The number of nitrogens with one attached hydrogen (secondary N) is 1. The van der Waals surface area contributed by atoms with E-state index in [1.807, 2.05) is 30.3 Å². The number of nitrogen functional groups attached to an aromatic ring is 1. The number of hydrogen-bond acceptors (Lipinski definition) is 6. The van der Waals surface area contributed by atoms with Crippen LogP contribution in [-0.2, 0) is 0 Å². The number of anilines is 2. The fourth-order valence-corrected chi connectivity index (χ4v) is 1.46. The van der Waals surface area contributed by atoms with Gasteiger partial charge in [0.1, 0.15) is 12.2 Å². The molecule has 94 valence electrons. The maximum absolute atomic E-state index is 8.58. The molecule has 1 heterocycles. The van der Waals surface area contributed by atoms with Crippen molar-refractivity contribution in [3.63, 3.8) is 0 Å². The highest BCUT2D eigenvalue weighted by Gasteiger charge is 2.00. The summed E-state index contributed by atoms with van der Waals surface area (Å²) in [5.41, 5.74) is 7.68. The first-order chi connectivity index (χ1) is 9.31. The third-order valence-corrected chi connectivity index (χ3v) is 2.34. The molecule has 2 rings (SSSR count). The van der Waals surface area contributed by atoms with Crippen LogP contribution in [-0.4, -0.2) is 22.7 Å². The van der Waals surface area contributed by atoms with Crippen LogP contribution in [0.2, 0.25) is 0 Å². The van der Waals surface area contributed by atoms with Crippen molar-refractivity contribution in [2.75, 3.05) is 17.6 Å². The van der Waals surface area contributed by atoms with Crippen LogP contribution in [0.5, 0.6) is 0 Å². The average Bonchev–Trinajstić information content (AvgIpc) is 2.45. The van der Waals surface area contributed by atoms with Crippen molar-refractivity contribution in [3.05, 3.63) is 42.4 Å². The number of nitrogens with two attached hydrogens (primary N) is 1. The van der Waals surface area contributed by atoms with Crippen molar-refractivity contribution < 1.29 is 0 Å². The maximum atomic E-state index is 8.58. The molecule has 2 aromatic rings. The molecule has 0 bridgehead atoms. The average molecular weight is 252 g/mol. The van der Waals surface area contributed by atoms with Crippen LogP contribution in [0.25, 0.3) is 0 Å². The zero-order valence-electron chi connectivity index (χ0n) is 10.1. The van der Waals surface area contributed by atoms with E-state index in [0.29, 0.717) is 17.2 Å². The number of benzene rings is 1. The first-order valence-corrected chi connectivity index (χ1v) is 5.61. The van der Waals surface area contributed by atoms with E-state index in [1.165, 1.54) is 6.20 Å². The van der Waals surface area contributed by atoms with Gasteiger partial charge < -0.3 is 11.1 Å². The highest BCUT2D eigenvalue weighted by Crippen LogP contribution is 2.23. The van der Waals surface area contributed by atoms with Crippen molar-refractivity contribution in [2.24, 2.45) is 4.99 Å². The van der Waals surface area contributed by atoms with E-state index in [9.17, 15) is 0 Å². The van der Waals surface area contributed by atoms with Gasteiger partial charge in [-0.1, -0.05) is 12.1 Å².